The van der Waals surface area contributed by atoms with Crippen molar-refractivity contribution in [1.29, 1.82) is 0 Å². The molecule has 3 fully saturated rings. The summed E-state index contributed by atoms with van der Waals surface area (Å²) in [5.74, 6) is 1.14. The normalized spacial score (nSPS) is 32.8. The quantitative estimate of drug-likeness (QED) is 0.758. The van der Waals surface area contributed by atoms with Gasteiger partial charge < -0.3 is 19.3 Å². The van der Waals surface area contributed by atoms with Crippen LogP contribution in [0.2, 0.25) is 0 Å². The first-order valence-corrected chi connectivity index (χ1v) is 11.6. The minimum Gasteiger partial charge on any atom is -0.376 e. The van der Waals surface area contributed by atoms with Crippen molar-refractivity contribution < 1.29 is 14.3 Å². The summed E-state index contributed by atoms with van der Waals surface area (Å²) in [6, 6.07) is 0. The van der Waals surface area contributed by atoms with Crippen LogP contribution in [0.5, 0.6) is 0 Å². The second-order valence-electron chi connectivity index (χ2n) is 9.94. The fraction of sp³-hybridized carbons (Fsp3) is 0.783. The maximum absolute atomic E-state index is 13.3. The zero-order valence-electron chi connectivity index (χ0n) is 18.5. The van der Waals surface area contributed by atoms with Crippen molar-refractivity contribution in [3.05, 3.63) is 17.5 Å². The highest BCUT2D eigenvalue weighted by atomic mass is 16.5. The van der Waals surface area contributed by atoms with Crippen LogP contribution in [-0.4, -0.2) is 65.8 Å². The molecule has 1 amide bonds. The van der Waals surface area contributed by atoms with Gasteiger partial charge in [-0.05, 0) is 39.5 Å². The van der Waals surface area contributed by atoms with Gasteiger partial charge in [-0.25, -0.2) is 9.97 Å². The Labute approximate surface area is 179 Å². The highest BCUT2D eigenvalue weighted by molar-refractivity contribution is 5.84. The van der Waals surface area contributed by atoms with Gasteiger partial charge in [-0.3, -0.25) is 4.79 Å². The van der Waals surface area contributed by atoms with E-state index < -0.39 is 0 Å². The number of ether oxygens (including phenoxy) is 2. The lowest BCUT2D eigenvalue weighted by molar-refractivity contribution is -0.147. The Morgan fingerprint density at radius 2 is 2.00 bits per heavy atom. The molecule has 2 saturated heterocycles. The first-order valence-electron chi connectivity index (χ1n) is 11.6. The molecule has 1 aromatic heterocycles. The van der Waals surface area contributed by atoms with Crippen LogP contribution in [0.1, 0.15) is 64.1 Å². The van der Waals surface area contributed by atoms with Crippen LogP contribution < -0.4 is 4.90 Å². The molecule has 3 atom stereocenters. The van der Waals surface area contributed by atoms with Gasteiger partial charge in [0.25, 0.3) is 0 Å². The Morgan fingerprint density at radius 3 is 2.67 bits per heavy atom. The van der Waals surface area contributed by atoms with Crippen molar-refractivity contribution in [2.45, 2.75) is 77.1 Å². The van der Waals surface area contributed by atoms with Gasteiger partial charge in [-0.1, -0.05) is 13.3 Å². The topological polar surface area (TPSA) is 67.8 Å². The standard InChI is InChI=1S/C23H34N4O3/c1-4-22(6-5-7-22)20(28)26-9-8-23(14-26)15-29-13-18-10-24-21(25-19(18)23)27-11-16(2)30-17(3)12-27/h10,16-17H,4-9,11-15H2,1-3H3/t16-,17+,23-/m1/s1. The number of hydrogen-bond acceptors (Lipinski definition) is 6. The van der Waals surface area contributed by atoms with E-state index in [0.29, 0.717) is 25.7 Å². The average molecular weight is 415 g/mol. The van der Waals surface area contributed by atoms with Crippen molar-refractivity contribution in [2.75, 3.05) is 37.7 Å². The summed E-state index contributed by atoms with van der Waals surface area (Å²) < 4.78 is 11.9. The van der Waals surface area contributed by atoms with Crippen LogP contribution in [0.25, 0.3) is 0 Å². The highest BCUT2D eigenvalue weighted by Gasteiger charge is 2.51. The molecule has 30 heavy (non-hydrogen) atoms. The van der Waals surface area contributed by atoms with E-state index in [1.54, 1.807) is 0 Å². The second kappa shape index (κ2) is 7.45. The smallest absolute Gasteiger partial charge is 0.228 e. The van der Waals surface area contributed by atoms with Gasteiger partial charge in [-0.15, -0.1) is 0 Å². The number of anilines is 1. The van der Waals surface area contributed by atoms with E-state index in [1.807, 2.05) is 6.20 Å². The van der Waals surface area contributed by atoms with Gasteiger partial charge in [0.2, 0.25) is 11.9 Å². The van der Waals surface area contributed by atoms with Crippen molar-refractivity contribution in [3.63, 3.8) is 0 Å². The Hall–Kier alpha value is -1.73. The Bertz CT molecular complexity index is 811. The molecule has 1 spiro atoms. The van der Waals surface area contributed by atoms with Crippen LogP contribution >= 0.6 is 0 Å². The molecule has 0 bridgehead atoms. The number of carbonyl (C=O) groups excluding carboxylic acids is 1. The molecule has 0 unspecified atom stereocenters. The zero-order valence-corrected chi connectivity index (χ0v) is 18.5. The van der Waals surface area contributed by atoms with E-state index in [2.05, 4.69) is 35.6 Å². The maximum Gasteiger partial charge on any atom is 0.228 e. The van der Waals surface area contributed by atoms with Crippen molar-refractivity contribution in [3.8, 4) is 0 Å². The number of fused-ring (bicyclic) bond motifs is 2. The summed E-state index contributed by atoms with van der Waals surface area (Å²) in [6.07, 6.45) is 7.39. The molecule has 0 aromatic carbocycles. The summed E-state index contributed by atoms with van der Waals surface area (Å²) in [5, 5.41) is 0. The maximum atomic E-state index is 13.3. The van der Waals surface area contributed by atoms with Gasteiger partial charge >= 0.3 is 0 Å². The van der Waals surface area contributed by atoms with E-state index >= 15 is 0 Å². The van der Waals surface area contributed by atoms with Crippen LogP contribution in [0.15, 0.2) is 6.20 Å². The molecule has 0 radical (unpaired) electrons. The van der Waals surface area contributed by atoms with Crippen molar-refractivity contribution in [1.82, 2.24) is 14.9 Å². The molecule has 1 aromatic rings. The fourth-order valence-electron chi connectivity index (χ4n) is 5.90. The van der Waals surface area contributed by atoms with Crippen LogP contribution in [-0.2, 0) is 26.3 Å². The number of carbonyl (C=O) groups is 1. The first kappa shape index (κ1) is 20.2. The monoisotopic (exact) mass is 414 g/mol. The Balaban J connectivity index is 1.41. The molecular formula is C23H34N4O3. The SMILES string of the molecule is CCC1(C(=O)N2CC[C@]3(COCc4cnc(N5C[C@@H](C)O[C@@H](C)C5)nc43)C2)CCC1. The van der Waals surface area contributed by atoms with Gasteiger partial charge in [0.05, 0.1) is 36.5 Å². The second-order valence-corrected chi connectivity index (χ2v) is 9.94. The lowest BCUT2D eigenvalue weighted by Gasteiger charge is -2.43. The summed E-state index contributed by atoms with van der Waals surface area (Å²) in [5.41, 5.74) is 1.85. The molecule has 7 nitrogen and oxygen atoms in total. The third-order valence-electron chi connectivity index (χ3n) is 7.77. The number of amides is 1. The number of morpholine rings is 1. The largest absolute Gasteiger partial charge is 0.376 e. The Kier molecular flexibility index (Phi) is 5.01. The molecule has 1 aliphatic carbocycles. The lowest BCUT2D eigenvalue weighted by atomic mass is 9.66. The Morgan fingerprint density at radius 1 is 1.23 bits per heavy atom. The number of rotatable bonds is 3. The lowest BCUT2D eigenvalue weighted by Crippen LogP contribution is -2.49. The van der Waals surface area contributed by atoms with E-state index in [9.17, 15) is 4.79 Å². The first-order chi connectivity index (χ1) is 14.4. The van der Waals surface area contributed by atoms with Crippen LogP contribution in [0.3, 0.4) is 0 Å². The molecule has 4 heterocycles. The molecule has 0 N–H and O–H groups in total. The van der Waals surface area contributed by atoms with Crippen molar-refractivity contribution >= 4 is 11.9 Å². The number of likely N-dealkylation sites (tertiary alicyclic amines) is 1. The van der Waals surface area contributed by atoms with E-state index in [-0.39, 0.29) is 23.0 Å². The predicted molar refractivity (Wildman–Crippen MR) is 113 cm³/mol. The molecular weight excluding hydrogens is 380 g/mol. The van der Waals surface area contributed by atoms with E-state index in [0.717, 1.165) is 62.5 Å². The van der Waals surface area contributed by atoms with E-state index in [1.165, 1.54) is 6.42 Å². The van der Waals surface area contributed by atoms with Gasteiger partial charge in [0, 0.05) is 43.4 Å². The minimum absolute atomic E-state index is 0.110. The summed E-state index contributed by atoms with van der Waals surface area (Å²) >= 11 is 0. The molecule has 3 aliphatic heterocycles. The summed E-state index contributed by atoms with van der Waals surface area (Å²) in [7, 11) is 0. The van der Waals surface area contributed by atoms with Crippen LogP contribution in [0, 0.1) is 5.41 Å². The molecule has 164 valence electrons. The predicted octanol–water partition coefficient (Wildman–Crippen LogP) is 2.67. The molecule has 4 aliphatic rings. The third-order valence-corrected chi connectivity index (χ3v) is 7.77. The fourth-order valence-corrected chi connectivity index (χ4v) is 5.90. The minimum atomic E-state index is -0.205. The van der Waals surface area contributed by atoms with Gasteiger partial charge in [0.15, 0.2) is 0 Å². The zero-order chi connectivity index (χ0) is 20.9. The number of hydrogen-bond donors (Lipinski definition) is 0. The van der Waals surface area contributed by atoms with Gasteiger partial charge in [-0.2, -0.15) is 0 Å². The van der Waals surface area contributed by atoms with E-state index in [4.69, 9.17) is 14.5 Å². The molecule has 1 saturated carbocycles. The average Bonchev–Trinajstić information content (AvgIpc) is 3.11. The van der Waals surface area contributed by atoms with Gasteiger partial charge in [0.1, 0.15) is 0 Å². The summed E-state index contributed by atoms with van der Waals surface area (Å²) in [6.45, 7) is 10.7. The number of aromatic nitrogens is 2. The summed E-state index contributed by atoms with van der Waals surface area (Å²) in [4.78, 5) is 27.4. The highest BCUT2D eigenvalue weighted by Crippen LogP contribution is 2.48. The molecule has 7 heteroatoms. The third kappa shape index (κ3) is 3.21. The van der Waals surface area contributed by atoms with Crippen molar-refractivity contribution in [2.24, 2.45) is 5.41 Å². The molecule has 5 rings (SSSR count). The number of nitrogens with zero attached hydrogens (tertiary/aromatic N) is 4. The van der Waals surface area contributed by atoms with Crippen LogP contribution in [0.4, 0.5) is 5.95 Å².